The van der Waals surface area contributed by atoms with Gasteiger partial charge in [-0.1, -0.05) is 24.3 Å². The van der Waals surface area contributed by atoms with Crippen LogP contribution >= 0.6 is 0 Å². The average molecular weight is 260 g/mol. The summed E-state index contributed by atoms with van der Waals surface area (Å²) in [5.41, 5.74) is 2.13. The molecule has 0 atom stereocenters. The van der Waals surface area contributed by atoms with Crippen molar-refractivity contribution < 1.29 is 4.79 Å². The van der Waals surface area contributed by atoms with Crippen LogP contribution in [-0.2, 0) is 0 Å². The molecule has 0 aliphatic rings. The van der Waals surface area contributed by atoms with E-state index in [1.165, 1.54) is 5.56 Å². The quantitative estimate of drug-likeness (QED) is 0.881. The van der Waals surface area contributed by atoms with Gasteiger partial charge in [-0.3, -0.25) is 0 Å². The van der Waals surface area contributed by atoms with Crippen molar-refractivity contribution in [3.05, 3.63) is 41.6 Å². The Morgan fingerprint density at radius 1 is 1.32 bits per heavy atom. The van der Waals surface area contributed by atoms with Crippen LogP contribution < -0.4 is 5.32 Å². The molecule has 0 aliphatic heterocycles. The molecule has 0 aromatic heterocycles. The summed E-state index contributed by atoms with van der Waals surface area (Å²) in [5, 5.41) is 2.82. The molecule has 0 spiro atoms. The van der Waals surface area contributed by atoms with Gasteiger partial charge in [0.15, 0.2) is 0 Å². The minimum atomic E-state index is -0.171. The Morgan fingerprint density at radius 2 is 1.95 bits per heavy atom. The number of carbonyl (C=O) groups excluding carboxylic acids is 1. The molecular weight excluding hydrogens is 236 g/mol. The fourth-order valence-electron chi connectivity index (χ4n) is 1.98. The van der Waals surface area contributed by atoms with Crippen molar-refractivity contribution in [3.63, 3.8) is 0 Å². The van der Waals surface area contributed by atoms with E-state index in [1.54, 1.807) is 11.1 Å². The summed E-state index contributed by atoms with van der Waals surface area (Å²) in [7, 11) is 0. The van der Waals surface area contributed by atoms with Crippen LogP contribution in [0.4, 0.5) is 4.79 Å². The maximum atomic E-state index is 12.1. The van der Waals surface area contributed by atoms with Crippen LogP contribution in [0.25, 0.3) is 6.08 Å². The molecule has 0 bridgehead atoms. The number of nitrogens with zero attached hydrogens (tertiary/aromatic N) is 1. The number of amides is 2. The van der Waals surface area contributed by atoms with Crippen LogP contribution in [0.2, 0.25) is 0 Å². The first-order valence-electron chi connectivity index (χ1n) is 6.66. The molecule has 2 amide bonds. The van der Waals surface area contributed by atoms with E-state index in [0.29, 0.717) is 6.54 Å². The molecular formula is C16H24N2O. The normalized spacial score (nSPS) is 11.6. The van der Waals surface area contributed by atoms with E-state index in [9.17, 15) is 4.79 Å². The zero-order valence-corrected chi connectivity index (χ0v) is 12.5. The van der Waals surface area contributed by atoms with Crippen LogP contribution in [-0.4, -0.2) is 23.0 Å². The number of urea groups is 1. The molecule has 19 heavy (non-hydrogen) atoms. The summed E-state index contributed by atoms with van der Waals surface area (Å²) in [4.78, 5) is 13.9. The highest BCUT2D eigenvalue weighted by Crippen LogP contribution is 2.13. The Morgan fingerprint density at radius 3 is 2.47 bits per heavy atom. The highest BCUT2D eigenvalue weighted by atomic mass is 16.2. The number of rotatable bonds is 3. The fourth-order valence-corrected chi connectivity index (χ4v) is 1.98. The molecule has 0 saturated carbocycles. The number of hydrogen-bond acceptors (Lipinski definition) is 1. The van der Waals surface area contributed by atoms with Crippen LogP contribution in [0.15, 0.2) is 30.5 Å². The lowest BCUT2D eigenvalue weighted by Gasteiger charge is -2.34. The standard InChI is InChI=1S/C16H24N2O/c1-6-18(16(3,4)5)15(19)17-12-11-14-10-8-7-9-13(14)2/h7-12H,6H2,1-5H3,(H,17,19)/b12-11+. The van der Waals surface area contributed by atoms with Gasteiger partial charge in [0.1, 0.15) is 0 Å². The molecule has 0 aliphatic carbocycles. The van der Waals surface area contributed by atoms with Gasteiger partial charge >= 0.3 is 6.03 Å². The van der Waals surface area contributed by atoms with E-state index in [0.717, 1.165) is 5.56 Å². The van der Waals surface area contributed by atoms with Crippen molar-refractivity contribution in [3.8, 4) is 0 Å². The molecule has 1 aromatic carbocycles. The van der Waals surface area contributed by atoms with Gasteiger partial charge in [0.05, 0.1) is 0 Å². The minimum Gasteiger partial charge on any atom is -0.320 e. The molecule has 1 rings (SSSR count). The second-order valence-corrected chi connectivity index (χ2v) is 5.55. The fraction of sp³-hybridized carbons (Fsp3) is 0.438. The predicted molar refractivity (Wildman–Crippen MR) is 80.9 cm³/mol. The average Bonchev–Trinajstić information content (AvgIpc) is 2.30. The maximum Gasteiger partial charge on any atom is 0.321 e. The van der Waals surface area contributed by atoms with Crippen molar-refractivity contribution >= 4 is 12.1 Å². The van der Waals surface area contributed by atoms with Gasteiger partial charge < -0.3 is 10.2 Å². The monoisotopic (exact) mass is 260 g/mol. The molecule has 3 heteroatoms. The van der Waals surface area contributed by atoms with Gasteiger partial charge in [-0.2, -0.15) is 0 Å². The molecule has 0 saturated heterocycles. The number of benzene rings is 1. The van der Waals surface area contributed by atoms with Crippen molar-refractivity contribution in [2.45, 2.75) is 40.2 Å². The van der Waals surface area contributed by atoms with Crippen LogP contribution in [0.5, 0.6) is 0 Å². The Hall–Kier alpha value is -1.77. The first-order chi connectivity index (χ1) is 8.86. The number of carbonyl (C=O) groups is 1. The first-order valence-corrected chi connectivity index (χ1v) is 6.66. The molecule has 0 radical (unpaired) electrons. The van der Waals surface area contributed by atoms with E-state index >= 15 is 0 Å². The smallest absolute Gasteiger partial charge is 0.320 e. The maximum absolute atomic E-state index is 12.1. The van der Waals surface area contributed by atoms with Gasteiger partial charge in [0.25, 0.3) is 0 Å². The van der Waals surface area contributed by atoms with Crippen molar-refractivity contribution in [1.29, 1.82) is 0 Å². The Bertz CT molecular complexity index is 458. The summed E-state index contributed by atoms with van der Waals surface area (Å²) >= 11 is 0. The second-order valence-electron chi connectivity index (χ2n) is 5.55. The third-order valence-electron chi connectivity index (χ3n) is 3.03. The lowest BCUT2D eigenvalue weighted by molar-refractivity contribution is 0.153. The molecule has 0 fully saturated rings. The van der Waals surface area contributed by atoms with E-state index in [1.807, 2.05) is 52.0 Å². The van der Waals surface area contributed by atoms with Crippen LogP contribution in [0.3, 0.4) is 0 Å². The minimum absolute atomic E-state index is 0.0696. The van der Waals surface area contributed by atoms with Crippen LogP contribution in [0, 0.1) is 6.92 Å². The summed E-state index contributed by atoms with van der Waals surface area (Å²) in [6, 6.07) is 8.00. The number of nitrogens with one attached hydrogen (secondary N) is 1. The highest BCUT2D eigenvalue weighted by Gasteiger charge is 2.23. The van der Waals surface area contributed by atoms with Gasteiger partial charge in [0, 0.05) is 18.3 Å². The molecule has 3 nitrogen and oxygen atoms in total. The lowest BCUT2D eigenvalue weighted by atomic mass is 10.1. The third kappa shape index (κ3) is 4.43. The molecule has 0 unspecified atom stereocenters. The second kappa shape index (κ2) is 6.41. The largest absolute Gasteiger partial charge is 0.321 e. The molecule has 1 aromatic rings. The van der Waals surface area contributed by atoms with E-state index in [4.69, 9.17) is 0 Å². The van der Waals surface area contributed by atoms with Crippen molar-refractivity contribution in [2.24, 2.45) is 0 Å². The summed E-state index contributed by atoms with van der Waals surface area (Å²) in [5.74, 6) is 0. The van der Waals surface area contributed by atoms with Gasteiger partial charge in [-0.05, 0) is 51.8 Å². The van der Waals surface area contributed by atoms with E-state index < -0.39 is 0 Å². The van der Waals surface area contributed by atoms with Gasteiger partial charge in [0.2, 0.25) is 0 Å². The lowest BCUT2D eigenvalue weighted by Crippen LogP contribution is -2.49. The zero-order valence-electron chi connectivity index (χ0n) is 12.5. The molecule has 0 heterocycles. The van der Waals surface area contributed by atoms with Gasteiger partial charge in [-0.25, -0.2) is 4.79 Å². The van der Waals surface area contributed by atoms with E-state index in [2.05, 4.69) is 18.3 Å². The SMILES string of the molecule is CCN(C(=O)N/C=C/c1ccccc1C)C(C)(C)C. The number of aryl methyl sites for hydroxylation is 1. The Balaban J connectivity index is 2.67. The summed E-state index contributed by atoms with van der Waals surface area (Å²) in [6.07, 6.45) is 3.63. The Labute approximate surface area is 116 Å². The van der Waals surface area contributed by atoms with E-state index in [-0.39, 0.29) is 11.6 Å². The van der Waals surface area contributed by atoms with Crippen molar-refractivity contribution in [2.75, 3.05) is 6.54 Å². The van der Waals surface area contributed by atoms with Crippen molar-refractivity contribution in [1.82, 2.24) is 10.2 Å². The summed E-state index contributed by atoms with van der Waals surface area (Å²) in [6.45, 7) is 10.8. The topological polar surface area (TPSA) is 32.3 Å². The van der Waals surface area contributed by atoms with Gasteiger partial charge in [-0.15, -0.1) is 0 Å². The Kier molecular flexibility index (Phi) is 5.16. The highest BCUT2D eigenvalue weighted by molar-refractivity contribution is 5.77. The first kappa shape index (κ1) is 15.3. The van der Waals surface area contributed by atoms with Crippen LogP contribution in [0.1, 0.15) is 38.8 Å². The predicted octanol–water partition coefficient (Wildman–Crippen LogP) is 3.80. The molecule has 1 N–H and O–H groups in total. The summed E-state index contributed by atoms with van der Waals surface area (Å²) < 4.78 is 0. The molecule has 104 valence electrons. The zero-order chi connectivity index (χ0) is 14.5. The third-order valence-corrected chi connectivity index (χ3v) is 3.03. The number of hydrogen-bond donors (Lipinski definition) is 1.